The van der Waals surface area contributed by atoms with Gasteiger partial charge in [-0.15, -0.1) is 0 Å². The summed E-state index contributed by atoms with van der Waals surface area (Å²) in [5.74, 6) is 0.171. The molecule has 1 heterocycles. The molecule has 1 rings (SSSR count). The van der Waals surface area contributed by atoms with Gasteiger partial charge in [-0.05, 0) is 12.1 Å². The molecule has 11 heavy (non-hydrogen) atoms. The zero-order chi connectivity index (χ0) is 8.10. The molecular weight excluding hydrogens is 165 g/mol. The van der Waals surface area contributed by atoms with Crippen molar-refractivity contribution in [2.75, 3.05) is 12.4 Å². The monoisotopic (exact) mass is 173 g/mol. The van der Waals surface area contributed by atoms with Crippen molar-refractivity contribution >= 4 is 12.6 Å². The molecule has 0 amide bonds. The summed E-state index contributed by atoms with van der Waals surface area (Å²) in [6, 6.07) is 3.16. The van der Waals surface area contributed by atoms with Gasteiger partial charge in [0.2, 0.25) is 0 Å². The van der Waals surface area contributed by atoms with E-state index in [-0.39, 0.29) is 5.75 Å². The third-order valence-corrected chi connectivity index (χ3v) is 1.26. The minimum absolute atomic E-state index is 0.182. The Morgan fingerprint density at radius 3 is 3.09 bits per heavy atom. The molecule has 0 radical (unpaired) electrons. The molecule has 0 aliphatic heterocycles. The van der Waals surface area contributed by atoms with Crippen LogP contribution in [0.25, 0.3) is 0 Å². The normalized spacial score (nSPS) is 9.64. The first-order valence-electron chi connectivity index (χ1n) is 3.19. The van der Waals surface area contributed by atoms with Crippen LogP contribution in [0.1, 0.15) is 0 Å². The van der Waals surface area contributed by atoms with Crippen LogP contribution in [-0.4, -0.2) is 17.3 Å². The molecule has 0 saturated carbocycles. The molecule has 0 N–H and O–H groups in total. The van der Waals surface area contributed by atoms with E-state index in [1.165, 1.54) is 12.3 Å². The first-order chi connectivity index (χ1) is 5.34. The van der Waals surface area contributed by atoms with Crippen LogP contribution in [0.5, 0.6) is 5.75 Å². The lowest BCUT2D eigenvalue weighted by atomic mass is 10.4. The molecule has 2 nitrogen and oxygen atoms in total. The van der Waals surface area contributed by atoms with Gasteiger partial charge < -0.3 is 4.74 Å². The highest BCUT2D eigenvalue weighted by Crippen LogP contribution is 2.12. The quantitative estimate of drug-likeness (QED) is 0.553. The van der Waals surface area contributed by atoms with Crippen LogP contribution >= 0.6 is 12.6 Å². The fraction of sp³-hybridized carbons (Fsp3) is 0.286. The maximum atomic E-state index is 12.7. The van der Waals surface area contributed by atoms with Gasteiger partial charge in [-0.3, -0.25) is 0 Å². The topological polar surface area (TPSA) is 22.1 Å². The van der Waals surface area contributed by atoms with E-state index in [0.29, 0.717) is 12.4 Å². The average molecular weight is 173 g/mol. The van der Waals surface area contributed by atoms with Crippen molar-refractivity contribution in [3.8, 4) is 5.75 Å². The van der Waals surface area contributed by atoms with Crippen molar-refractivity contribution in [3.05, 3.63) is 24.3 Å². The summed E-state index contributed by atoms with van der Waals surface area (Å²) < 4.78 is 17.6. The van der Waals surface area contributed by atoms with Gasteiger partial charge in [-0.25, -0.2) is 4.98 Å². The smallest absolute Gasteiger partial charge is 0.255 e. The number of hydrogen-bond acceptors (Lipinski definition) is 3. The number of hydrogen-bond donors (Lipinski definition) is 1. The Morgan fingerprint density at radius 1 is 1.64 bits per heavy atom. The van der Waals surface area contributed by atoms with Crippen LogP contribution in [0, 0.1) is 5.95 Å². The molecule has 0 aliphatic rings. The first-order valence-corrected chi connectivity index (χ1v) is 3.82. The van der Waals surface area contributed by atoms with E-state index in [0.717, 1.165) is 0 Å². The maximum absolute atomic E-state index is 12.7. The van der Waals surface area contributed by atoms with Gasteiger partial charge >= 0.3 is 0 Å². The standard InChI is InChI=1S/C7H8FNOS/c8-7-6(10-4-5-11)2-1-3-9-7/h1-3,11H,4-5H2. The minimum atomic E-state index is -0.575. The summed E-state index contributed by atoms with van der Waals surface area (Å²) in [5, 5.41) is 0. The van der Waals surface area contributed by atoms with E-state index in [1.54, 1.807) is 6.07 Å². The molecule has 0 fully saturated rings. The molecule has 0 unspecified atom stereocenters. The second kappa shape index (κ2) is 4.18. The van der Waals surface area contributed by atoms with Gasteiger partial charge in [-0.1, -0.05) is 0 Å². The molecule has 0 spiro atoms. The number of thiol groups is 1. The van der Waals surface area contributed by atoms with Gasteiger partial charge in [0.15, 0.2) is 5.75 Å². The number of ether oxygens (including phenoxy) is 1. The maximum Gasteiger partial charge on any atom is 0.255 e. The summed E-state index contributed by atoms with van der Waals surface area (Å²) in [7, 11) is 0. The van der Waals surface area contributed by atoms with E-state index < -0.39 is 5.95 Å². The highest BCUT2D eigenvalue weighted by atomic mass is 32.1. The van der Waals surface area contributed by atoms with E-state index in [4.69, 9.17) is 4.74 Å². The summed E-state index contributed by atoms with van der Waals surface area (Å²) >= 11 is 3.92. The van der Waals surface area contributed by atoms with Crippen LogP contribution in [0.4, 0.5) is 4.39 Å². The molecule has 1 aromatic rings. The van der Waals surface area contributed by atoms with E-state index in [2.05, 4.69) is 17.6 Å². The number of rotatable bonds is 3. The third-order valence-electron chi connectivity index (χ3n) is 1.07. The second-order valence-corrected chi connectivity index (χ2v) is 2.31. The number of aromatic nitrogens is 1. The van der Waals surface area contributed by atoms with Crippen molar-refractivity contribution in [2.24, 2.45) is 0 Å². The lowest BCUT2D eigenvalue weighted by molar-refractivity contribution is 0.319. The van der Waals surface area contributed by atoms with Crippen molar-refractivity contribution in [3.63, 3.8) is 0 Å². The first kappa shape index (κ1) is 8.33. The number of halogens is 1. The molecule has 4 heteroatoms. The Kier molecular flexibility index (Phi) is 3.16. The second-order valence-electron chi connectivity index (χ2n) is 1.86. The van der Waals surface area contributed by atoms with Crippen LogP contribution in [0.15, 0.2) is 18.3 Å². The van der Waals surface area contributed by atoms with Gasteiger partial charge in [0.05, 0.1) is 6.61 Å². The fourth-order valence-corrected chi connectivity index (χ4v) is 0.726. The average Bonchev–Trinajstić information content (AvgIpc) is 2.03. The van der Waals surface area contributed by atoms with Crippen molar-refractivity contribution in [1.29, 1.82) is 0 Å². The highest BCUT2D eigenvalue weighted by Gasteiger charge is 2.00. The van der Waals surface area contributed by atoms with E-state index in [9.17, 15) is 4.39 Å². The molecule has 0 atom stereocenters. The van der Waals surface area contributed by atoms with E-state index in [1.807, 2.05) is 0 Å². The van der Waals surface area contributed by atoms with Crippen molar-refractivity contribution in [2.45, 2.75) is 0 Å². The van der Waals surface area contributed by atoms with Gasteiger partial charge in [0.1, 0.15) is 0 Å². The molecule has 0 saturated heterocycles. The molecule has 1 aromatic heterocycles. The predicted molar refractivity (Wildman–Crippen MR) is 43.5 cm³/mol. The Hall–Kier alpha value is -0.770. The van der Waals surface area contributed by atoms with Gasteiger partial charge in [0.25, 0.3) is 5.95 Å². The molecule has 0 bridgehead atoms. The highest BCUT2D eigenvalue weighted by molar-refractivity contribution is 7.80. The summed E-state index contributed by atoms with van der Waals surface area (Å²) in [6.45, 7) is 0.395. The van der Waals surface area contributed by atoms with Crippen LogP contribution < -0.4 is 4.74 Å². The zero-order valence-electron chi connectivity index (χ0n) is 5.83. The fourth-order valence-electron chi connectivity index (χ4n) is 0.635. The van der Waals surface area contributed by atoms with Gasteiger partial charge in [-0.2, -0.15) is 17.0 Å². The Bertz CT molecular complexity index is 231. The SMILES string of the molecule is Fc1ncccc1OCCS. The zero-order valence-corrected chi connectivity index (χ0v) is 6.72. The van der Waals surface area contributed by atoms with Crippen molar-refractivity contribution in [1.82, 2.24) is 4.98 Å². The van der Waals surface area contributed by atoms with Crippen molar-refractivity contribution < 1.29 is 9.13 Å². The lowest BCUT2D eigenvalue weighted by Gasteiger charge is -2.02. The van der Waals surface area contributed by atoms with E-state index >= 15 is 0 Å². The molecule has 0 aromatic carbocycles. The van der Waals surface area contributed by atoms with Crippen LogP contribution in [0.3, 0.4) is 0 Å². The summed E-state index contributed by atoms with van der Waals surface area (Å²) in [4.78, 5) is 3.42. The lowest BCUT2D eigenvalue weighted by Crippen LogP contribution is -2.00. The number of pyridine rings is 1. The molecular formula is C7H8FNOS. The Labute approximate surface area is 69.8 Å². The Balaban J connectivity index is 2.62. The molecule has 60 valence electrons. The molecule has 0 aliphatic carbocycles. The summed E-state index contributed by atoms with van der Waals surface area (Å²) in [6.07, 6.45) is 1.38. The van der Waals surface area contributed by atoms with Crippen LogP contribution in [-0.2, 0) is 0 Å². The third kappa shape index (κ3) is 2.38. The largest absolute Gasteiger partial charge is 0.488 e. The van der Waals surface area contributed by atoms with Gasteiger partial charge in [0, 0.05) is 11.9 Å². The minimum Gasteiger partial charge on any atom is -0.488 e. The predicted octanol–water partition coefficient (Wildman–Crippen LogP) is 1.53. The van der Waals surface area contributed by atoms with Crippen LogP contribution in [0.2, 0.25) is 0 Å². The Morgan fingerprint density at radius 2 is 2.45 bits per heavy atom. The number of nitrogens with zero attached hydrogens (tertiary/aromatic N) is 1. The summed E-state index contributed by atoms with van der Waals surface area (Å²) in [5.41, 5.74) is 0.